The Balaban J connectivity index is 7.47. The van der Waals surface area contributed by atoms with Gasteiger partial charge in [0.2, 0.25) is 0 Å². The Morgan fingerprint density at radius 2 is 0.339 bits per heavy atom. The van der Waals surface area contributed by atoms with Crippen LogP contribution in [0, 0.1) is 0 Å². The first kappa shape index (κ1) is 118. The first-order valence-corrected chi connectivity index (χ1v) is 50.3. The number of esters is 12. The minimum Gasteiger partial charge on any atom is -0.462 e. The maximum absolute atomic E-state index is 13.5. The lowest BCUT2D eigenvalue weighted by Gasteiger charge is -2.32. The summed E-state index contributed by atoms with van der Waals surface area (Å²) in [5, 5.41) is -2.59. The molecule has 0 saturated heterocycles. The van der Waals surface area contributed by atoms with Crippen LogP contribution >= 0.6 is 70.6 Å². The lowest BCUT2D eigenvalue weighted by molar-refractivity contribution is -0.152. The summed E-state index contributed by atoms with van der Waals surface area (Å²) in [6, 6.07) is 0. The van der Waals surface area contributed by atoms with Crippen LogP contribution in [-0.4, -0.2) is 315 Å². The number of ether oxygens (including phenoxy) is 12. The van der Waals surface area contributed by atoms with Crippen LogP contribution in [0.2, 0.25) is 0 Å². The number of carbonyl (C=O) groups excluding carboxylic acids is 12. The zero-order valence-corrected chi connectivity index (χ0v) is 80.3. The quantitative estimate of drug-likeness (QED) is 0.0236. The molecule has 6 atom stereocenters. The van der Waals surface area contributed by atoms with Crippen molar-refractivity contribution in [3.8, 4) is 0 Å². The lowest BCUT2D eigenvalue weighted by Crippen LogP contribution is -2.45. The van der Waals surface area contributed by atoms with Crippen molar-refractivity contribution in [3.05, 3.63) is 75.9 Å². The highest BCUT2D eigenvalue weighted by atomic mass is 32.2. The van der Waals surface area contributed by atoms with Gasteiger partial charge in [-0.05, 0) is 192 Å². The normalized spacial score (nSPS) is 12.6. The molecule has 0 bridgehead atoms. The standard InChI is InChI=1S/C90H150N4O24S6/c1-13-19-25-31-67-119-73(7)85(101)113-61-55-107-79(95)37-43-91(44-38-80(96)108-56-62-114-86(102)74(8)120-68-32-26-20-14-2)49-52-94(53-50-92(45-39-81(97)109-57-63-115-87(103)75(9)121-69-33-27-21-15-3)46-40-82(98)110-58-64-116-88(104)76(10)122-70-34-28-22-16-4)54-51-93(47-41-83(99)111-59-65-117-89(105)77(11)123-71-35-29-23-17-5)48-42-84(100)112-60-66-118-90(106)78(12)124-72-36-30-24-18-6/h13-18,73-78H,1-6,19-72H2,7-12H3. The van der Waals surface area contributed by atoms with Crippen LogP contribution in [-0.2, 0) is 114 Å². The molecular weight excluding hydrogens is 1710 g/mol. The van der Waals surface area contributed by atoms with Gasteiger partial charge in [0.05, 0.1) is 70.0 Å². The smallest absolute Gasteiger partial charge is 0.318 e. The predicted molar refractivity (Wildman–Crippen MR) is 501 cm³/mol. The molecule has 0 aliphatic carbocycles. The minimum absolute atomic E-state index is 0.0785. The van der Waals surface area contributed by atoms with E-state index < -0.39 is 103 Å². The topological polar surface area (TPSA) is 329 Å². The third-order valence-electron chi connectivity index (χ3n) is 18.5. The van der Waals surface area contributed by atoms with Gasteiger partial charge in [-0.15, -0.1) is 110 Å². The summed E-state index contributed by atoms with van der Waals surface area (Å²) in [6.07, 6.45) is 26.7. The van der Waals surface area contributed by atoms with Crippen LogP contribution in [0.5, 0.6) is 0 Å². The van der Waals surface area contributed by atoms with Gasteiger partial charge in [0, 0.05) is 78.5 Å². The van der Waals surface area contributed by atoms with Crippen LogP contribution < -0.4 is 0 Å². The van der Waals surface area contributed by atoms with Gasteiger partial charge in [-0.1, -0.05) is 36.5 Å². The molecule has 710 valence electrons. The Bertz CT molecular complexity index is 2510. The predicted octanol–water partition coefficient (Wildman–Crippen LogP) is 13.9. The molecule has 0 aliphatic rings. The van der Waals surface area contributed by atoms with Gasteiger partial charge in [-0.2, -0.15) is 0 Å². The molecule has 0 amide bonds. The molecule has 0 N–H and O–H groups in total. The highest BCUT2D eigenvalue weighted by Crippen LogP contribution is 2.21. The minimum atomic E-state index is -0.602. The highest BCUT2D eigenvalue weighted by Gasteiger charge is 2.25. The van der Waals surface area contributed by atoms with Crippen molar-refractivity contribution in [2.75, 3.05) is 192 Å². The molecule has 28 nitrogen and oxygen atoms in total. The number of hydrogen-bond acceptors (Lipinski definition) is 34. The Morgan fingerprint density at radius 1 is 0.210 bits per heavy atom. The first-order chi connectivity index (χ1) is 59.8. The van der Waals surface area contributed by atoms with Gasteiger partial charge in [0.25, 0.3) is 0 Å². The van der Waals surface area contributed by atoms with Crippen molar-refractivity contribution >= 4 is 142 Å². The van der Waals surface area contributed by atoms with E-state index in [1.54, 1.807) is 41.5 Å². The Kier molecular flexibility index (Phi) is 78.7. The number of hydrogen-bond donors (Lipinski definition) is 0. The SMILES string of the molecule is C=CCCCCSC(C)C(=O)OCCOC(=O)CCN(CCC(=O)OCCOC(=O)C(C)SCCCCC=C)CCN(CCN(CCC(=O)OCCOC(=O)C(C)SCCCCC=C)CCC(=O)OCCOC(=O)C(C)SCCCCC=C)CCN(CCC(=O)OCCOC(=O)C(C)SCCCCC=C)CCC(=O)OCCOC(=O)C(C)SCCCCC=C. The van der Waals surface area contributed by atoms with Crippen LogP contribution in [0.1, 0.15) is 196 Å². The lowest BCUT2D eigenvalue weighted by atomic mass is 10.2. The number of carbonyl (C=O) groups is 12. The average Bonchev–Trinajstić information content (AvgIpc) is 0.911. The van der Waals surface area contributed by atoms with Crippen LogP contribution in [0.4, 0.5) is 0 Å². The van der Waals surface area contributed by atoms with Crippen LogP contribution in [0.25, 0.3) is 0 Å². The molecule has 0 fully saturated rings. The molecule has 0 spiro atoms. The van der Waals surface area contributed by atoms with Gasteiger partial charge in [0.1, 0.15) is 79.3 Å². The second-order valence-electron chi connectivity index (χ2n) is 29.0. The fourth-order valence-electron chi connectivity index (χ4n) is 10.9. The summed E-state index contributed by atoms with van der Waals surface area (Å²) < 4.78 is 66.0. The van der Waals surface area contributed by atoms with E-state index in [2.05, 4.69) is 44.4 Å². The van der Waals surface area contributed by atoms with Gasteiger partial charge >= 0.3 is 71.6 Å². The molecule has 0 saturated carbocycles. The number of unbranched alkanes of at least 4 members (excludes halogenated alkanes) is 12. The van der Waals surface area contributed by atoms with Crippen molar-refractivity contribution in [2.45, 2.75) is 227 Å². The average molecular weight is 1860 g/mol. The van der Waals surface area contributed by atoms with Crippen molar-refractivity contribution in [3.63, 3.8) is 0 Å². The van der Waals surface area contributed by atoms with Gasteiger partial charge in [0.15, 0.2) is 0 Å². The number of thioether (sulfide) groups is 6. The van der Waals surface area contributed by atoms with Gasteiger partial charge in [-0.25, -0.2) is 0 Å². The highest BCUT2D eigenvalue weighted by molar-refractivity contribution is 8.01. The van der Waals surface area contributed by atoms with E-state index in [1.807, 2.05) is 51.2 Å². The molecule has 34 heteroatoms. The second-order valence-corrected chi connectivity index (χ2v) is 37.7. The van der Waals surface area contributed by atoms with Crippen molar-refractivity contribution < 1.29 is 114 Å². The van der Waals surface area contributed by atoms with E-state index in [4.69, 9.17) is 56.8 Å². The molecule has 0 aromatic carbocycles. The molecule has 0 rings (SSSR count). The summed E-state index contributed by atoms with van der Waals surface area (Å²) >= 11 is 8.85. The van der Waals surface area contributed by atoms with Crippen LogP contribution in [0.3, 0.4) is 0 Å². The van der Waals surface area contributed by atoms with E-state index >= 15 is 0 Å². The van der Waals surface area contributed by atoms with Crippen LogP contribution in [0.15, 0.2) is 75.9 Å². The molecule has 6 unspecified atom stereocenters. The Morgan fingerprint density at radius 3 is 0.476 bits per heavy atom. The summed E-state index contributed by atoms with van der Waals surface area (Å²) in [5.41, 5.74) is 0. The fraction of sp³-hybridized carbons (Fsp3) is 0.733. The molecule has 0 aromatic rings. The largest absolute Gasteiger partial charge is 0.462 e. The summed E-state index contributed by atoms with van der Waals surface area (Å²) in [5.74, 6) is -1.63. The van der Waals surface area contributed by atoms with E-state index in [-0.39, 0.29) is 196 Å². The molecule has 0 heterocycles. The summed E-state index contributed by atoms with van der Waals surface area (Å²) in [4.78, 5) is 166. The van der Waals surface area contributed by atoms with E-state index in [9.17, 15) is 57.5 Å². The van der Waals surface area contributed by atoms with E-state index in [0.29, 0.717) is 0 Å². The summed E-state index contributed by atoms with van der Waals surface area (Å²) in [7, 11) is 0. The first-order valence-electron chi connectivity index (χ1n) is 44.0. The van der Waals surface area contributed by atoms with Crippen molar-refractivity contribution in [1.82, 2.24) is 19.6 Å². The Labute approximate surface area is 766 Å². The number of allylic oxidation sites excluding steroid dienone is 6. The van der Waals surface area contributed by atoms with Gasteiger partial charge in [-0.3, -0.25) is 62.4 Å². The Hall–Kier alpha value is -5.98. The monoisotopic (exact) mass is 1860 g/mol. The van der Waals surface area contributed by atoms with Crippen molar-refractivity contribution in [1.29, 1.82) is 0 Å². The third kappa shape index (κ3) is 71.0. The number of nitrogens with zero attached hydrogens (tertiary/aromatic N) is 4. The molecule has 124 heavy (non-hydrogen) atoms. The maximum Gasteiger partial charge on any atom is 0.318 e. The second kappa shape index (κ2) is 82.7. The molecular formula is C90H150N4O24S6. The maximum atomic E-state index is 13.5. The van der Waals surface area contributed by atoms with Gasteiger partial charge < -0.3 is 71.5 Å². The van der Waals surface area contributed by atoms with Crippen molar-refractivity contribution in [2.24, 2.45) is 0 Å². The van der Waals surface area contributed by atoms with E-state index in [1.165, 1.54) is 70.6 Å². The molecule has 0 aromatic heterocycles. The summed E-state index contributed by atoms with van der Waals surface area (Å²) in [6.45, 7) is 32.7. The zero-order chi connectivity index (χ0) is 91.9. The third-order valence-corrected chi connectivity index (χ3v) is 25.8. The molecule has 0 aliphatic heterocycles. The number of rotatable bonds is 87. The fourth-order valence-corrected chi connectivity index (χ4v) is 16.5. The van der Waals surface area contributed by atoms with E-state index in [0.717, 1.165) is 150 Å². The molecule has 0 radical (unpaired) electrons. The zero-order valence-electron chi connectivity index (χ0n) is 75.4.